The summed E-state index contributed by atoms with van der Waals surface area (Å²) in [7, 11) is 0. The van der Waals surface area contributed by atoms with E-state index in [1.165, 1.54) is 0 Å². The smallest absolute Gasteiger partial charge is 0.257 e. The SMILES string of the molecule is CCc1ncc(C(=O)N2CCC[C@@H](Cn3cc(-c4ccccc4)nn3)C2)cn1. The standard InChI is InChI=1S/C21H24N6O/c1-2-20-22-11-18(12-23-20)21(28)26-10-6-7-16(13-26)14-27-15-19(24-25-27)17-8-4-3-5-9-17/h3-5,8-9,11-12,15-16H,2,6-7,10,13-14H2,1H3/t16-/m1/s1. The summed E-state index contributed by atoms with van der Waals surface area (Å²) >= 11 is 0. The van der Waals surface area contributed by atoms with Crippen molar-refractivity contribution in [3.8, 4) is 11.3 Å². The molecule has 1 amide bonds. The van der Waals surface area contributed by atoms with Gasteiger partial charge in [0.1, 0.15) is 11.5 Å². The Balaban J connectivity index is 1.40. The Kier molecular flexibility index (Phi) is 5.41. The van der Waals surface area contributed by atoms with Crippen LogP contribution in [0.25, 0.3) is 11.3 Å². The molecule has 1 aliphatic heterocycles. The van der Waals surface area contributed by atoms with E-state index in [4.69, 9.17) is 0 Å². The number of amides is 1. The van der Waals surface area contributed by atoms with Gasteiger partial charge < -0.3 is 4.90 Å². The third-order valence-electron chi connectivity index (χ3n) is 5.13. The van der Waals surface area contributed by atoms with Gasteiger partial charge in [0, 0.05) is 44.0 Å². The van der Waals surface area contributed by atoms with Gasteiger partial charge in [-0.15, -0.1) is 5.10 Å². The third kappa shape index (κ3) is 4.08. The average molecular weight is 376 g/mol. The molecule has 1 saturated heterocycles. The summed E-state index contributed by atoms with van der Waals surface area (Å²) in [5.74, 6) is 1.13. The van der Waals surface area contributed by atoms with Crippen LogP contribution in [0.5, 0.6) is 0 Å². The highest BCUT2D eigenvalue weighted by molar-refractivity contribution is 5.93. The number of hydrogen-bond donors (Lipinski definition) is 0. The van der Waals surface area contributed by atoms with Crippen molar-refractivity contribution >= 4 is 5.91 Å². The Morgan fingerprint density at radius 2 is 1.96 bits per heavy atom. The first kappa shape index (κ1) is 18.3. The molecule has 0 saturated carbocycles. The molecule has 1 fully saturated rings. The van der Waals surface area contributed by atoms with Crippen molar-refractivity contribution in [2.75, 3.05) is 13.1 Å². The Labute approximate surface area is 164 Å². The van der Waals surface area contributed by atoms with Crippen LogP contribution < -0.4 is 0 Å². The molecule has 1 atom stereocenters. The van der Waals surface area contributed by atoms with Crippen molar-refractivity contribution in [1.29, 1.82) is 0 Å². The van der Waals surface area contributed by atoms with E-state index in [0.717, 1.165) is 56.0 Å². The lowest BCUT2D eigenvalue weighted by atomic mass is 9.97. The number of carbonyl (C=O) groups excluding carboxylic acids is 1. The minimum absolute atomic E-state index is 0.0101. The highest BCUT2D eigenvalue weighted by Crippen LogP contribution is 2.21. The number of carbonyl (C=O) groups is 1. The van der Waals surface area contributed by atoms with Gasteiger partial charge in [0.15, 0.2) is 0 Å². The molecular weight excluding hydrogens is 352 g/mol. The lowest BCUT2D eigenvalue weighted by Crippen LogP contribution is -2.41. The summed E-state index contributed by atoms with van der Waals surface area (Å²) in [6.45, 7) is 4.25. The topological polar surface area (TPSA) is 76.8 Å². The molecule has 0 aliphatic carbocycles. The Morgan fingerprint density at radius 3 is 2.71 bits per heavy atom. The number of benzene rings is 1. The molecule has 28 heavy (non-hydrogen) atoms. The first-order valence-electron chi connectivity index (χ1n) is 9.78. The number of rotatable bonds is 5. The van der Waals surface area contributed by atoms with E-state index < -0.39 is 0 Å². The maximum atomic E-state index is 12.8. The molecule has 1 aromatic carbocycles. The van der Waals surface area contributed by atoms with Crippen LogP contribution in [0.15, 0.2) is 48.9 Å². The summed E-state index contributed by atoms with van der Waals surface area (Å²) in [5, 5.41) is 8.56. The van der Waals surface area contributed by atoms with Crippen LogP contribution in [0, 0.1) is 5.92 Å². The van der Waals surface area contributed by atoms with Crippen LogP contribution in [0.1, 0.15) is 35.9 Å². The molecular formula is C21H24N6O. The molecule has 0 unspecified atom stereocenters. The molecule has 3 heterocycles. The Morgan fingerprint density at radius 1 is 1.18 bits per heavy atom. The van der Waals surface area contributed by atoms with Gasteiger partial charge in [0.05, 0.1) is 11.8 Å². The van der Waals surface area contributed by atoms with E-state index in [1.54, 1.807) is 12.4 Å². The van der Waals surface area contributed by atoms with Crippen LogP contribution in [-0.2, 0) is 13.0 Å². The van der Waals surface area contributed by atoms with Crippen LogP contribution >= 0.6 is 0 Å². The summed E-state index contributed by atoms with van der Waals surface area (Å²) in [6.07, 6.45) is 8.10. The fourth-order valence-electron chi connectivity index (χ4n) is 3.62. The van der Waals surface area contributed by atoms with Crippen LogP contribution in [0.2, 0.25) is 0 Å². The largest absolute Gasteiger partial charge is 0.338 e. The molecule has 4 rings (SSSR count). The quantitative estimate of drug-likeness (QED) is 0.684. The molecule has 7 nitrogen and oxygen atoms in total. The number of hydrogen-bond acceptors (Lipinski definition) is 5. The van der Waals surface area contributed by atoms with E-state index >= 15 is 0 Å². The zero-order chi connectivity index (χ0) is 19.3. The van der Waals surface area contributed by atoms with Crippen molar-refractivity contribution in [3.63, 3.8) is 0 Å². The van der Waals surface area contributed by atoms with Crippen molar-refractivity contribution in [3.05, 3.63) is 60.3 Å². The summed E-state index contributed by atoms with van der Waals surface area (Å²) in [6, 6.07) is 10.0. The Hall–Kier alpha value is -3.09. The van der Waals surface area contributed by atoms with Crippen LogP contribution in [0.3, 0.4) is 0 Å². The number of nitrogens with zero attached hydrogens (tertiary/aromatic N) is 6. The predicted octanol–water partition coefficient (Wildman–Crippen LogP) is 2.85. The lowest BCUT2D eigenvalue weighted by molar-refractivity contribution is 0.0658. The predicted molar refractivity (Wildman–Crippen MR) is 105 cm³/mol. The minimum atomic E-state index is 0.0101. The number of aryl methyl sites for hydroxylation is 1. The van der Waals surface area contributed by atoms with E-state index in [-0.39, 0.29) is 5.91 Å². The monoisotopic (exact) mass is 376 g/mol. The molecule has 7 heteroatoms. The fraction of sp³-hybridized carbons (Fsp3) is 0.381. The van der Waals surface area contributed by atoms with Crippen molar-refractivity contribution in [2.24, 2.45) is 5.92 Å². The second-order valence-electron chi connectivity index (χ2n) is 7.19. The van der Waals surface area contributed by atoms with Gasteiger partial charge in [-0.3, -0.25) is 9.48 Å². The summed E-state index contributed by atoms with van der Waals surface area (Å²) < 4.78 is 1.89. The molecule has 2 aromatic heterocycles. The first-order chi connectivity index (χ1) is 13.7. The highest BCUT2D eigenvalue weighted by Gasteiger charge is 2.25. The van der Waals surface area contributed by atoms with Gasteiger partial charge in [-0.2, -0.15) is 0 Å². The van der Waals surface area contributed by atoms with E-state index in [1.807, 2.05) is 53.0 Å². The number of piperidine rings is 1. The van der Waals surface area contributed by atoms with Gasteiger partial charge in [-0.05, 0) is 18.8 Å². The Bertz CT molecular complexity index is 922. The van der Waals surface area contributed by atoms with Crippen molar-refractivity contribution in [1.82, 2.24) is 29.9 Å². The maximum Gasteiger partial charge on any atom is 0.257 e. The molecule has 0 spiro atoms. The normalized spacial score (nSPS) is 16.9. The molecule has 144 valence electrons. The summed E-state index contributed by atoms with van der Waals surface area (Å²) in [4.78, 5) is 23.2. The second kappa shape index (κ2) is 8.29. The lowest BCUT2D eigenvalue weighted by Gasteiger charge is -2.32. The average Bonchev–Trinajstić information content (AvgIpc) is 3.22. The number of aromatic nitrogens is 5. The zero-order valence-corrected chi connectivity index (χ0v) is 16.0. The van der Waals surface area contributed by atoms with Gasteiger partial charge in [-0.25, -0.2) is 9.97 Å². The van der Waals surface area contributed by atoms with Crippen LogP contribution in [-0.4, -0.2) is 48.9 Å². The van der Waals surface area contributed by atoms with E-state index in [2.05, 4.69) is 20.3 Å². The van der Waals surface area contributed by atoms with Gasteiger partial charge in [-0.1, -0.05) is 42.5 Å². The van der Waals surface area contributed by atoms with Gasteiger partial charge in [0.2, 0.25) is 0 Å². The van der Waals surface area contributed by atoms with Gasteiger partial charge in [0.25, 0.3) is 5.91 Å². The van der Waals surface area contributed by atoms with Gasteiger partial charge >= 0.3 is 0 Å². The molecule has 3 aromatic rings. The van der Waals surface area contributed by atoms with Crippen LogP contribution in [0.4, 0.5) is 0 Å². The maximum absolute atomic E-state index is 12.8. The molecule has 0 radical (unpaired) electrons. The highest BCUT2D eigenvalue weighted by atomic mass is 16.2. The summed E-state index contributed by atoms with van der Waals surface area (Å²) in [5.41, 5.74) is 2.49. The molecule has 0 N–H and O–H groups in total. The van der Waals surface area contributed by atoms with Crippen molar-refractivity contribution < 1.29 is 4.79 Å². The van der Waals surface area contributed by atoms with E-state index in [9.17, 15) is 4.79 Å². The first-order valence-corrected chi connectivity index (χ1v) is 9.78. The number of likely N-dealkylation sites (tertiary alicyclic amines) is 1. The van der Waals surface area contributed by atoms with Crippen molar-refractivity contribution in [2.45, 2.75) is 32.7 Å². The van der Waals surface area contributed by atoms with E-state index in [0.29, 0.717) is 11.5 Å². The molecule has 1 aliphatic rings. The second-order valence-corrected chi connectivity index (χ2v) is 7.19. The minimum Gasteiger partial charge on any atom is -0.338 e. The zero-order valence-electron chi connectivity index (χ0n) is 16.0. The molecule has 0 bridgehead atoms. The third-order valence-corrected chi connectivity index (χ3v) is 5.13. The fourth-order valence-corrected chi connectivity index (χ4v) is 3.62.